The zero-order chi connectivity index (χ0) is 14.3. The molecule has 8 nitrogen and oxygen atoms in total. The highest BCUT2D eigenvalue weighted by atomic mass is 16.6. The molecule has 0 bridgehead atoms. The number of nitrogens with one attached hydrogen (secondary N) is 1. The summed E-state index contributed by atoms with van der Waals surface area (Å²) >= 11 is 0. The van der Waals surface area contributed by atoms with Crippen LogP contribution in [0.4, 0.5) is 5.69 Å². The Kier molecular flexibility index (Phi) is 5.94. The molecule has 8 heteroatoms. The first-order valence-electron chi connectivity index (χ1n) is 6.07. The van der Waals surface area contributed by atoms with Crippen LogP contribution in [-0.2, 0) is 16.1 Å². The minimum absolute atomic E-state index is 0.0245. The third kappa shape index (κ3) is 5.04. The van der Waals surface area contributed by atoms with Crippen LogP contribution in [0, 0.1) is 17.0 Å². The van der Waals surface area contributed by atoms with Crippen LogP contribution in [0.2, 0.25) is 0 Å². The van der Waals surface area contributed by atoms with Crippen LogP contribution in [0.5, 0.6) is 0 Å². The second kappa shape index (κ2) is 7.47. The molecule has 1 N–H and O–H groups in total. The first kappa shape index (κ1) is 15.1. The number of ether oxygens (including phenoxy) is 1. The van der Waals surface area contributed by atoms with Crippen molar-refractivity contribution in [3.05, 3.63) is 22.0 Å². The van der Waals surface area contributed by atoms with Gasteiger partial charge < -0.3 is 10.1 Å². The van der Waals surface area contributed by atoms with E-state index in [-0.39, 0.29) is 18.1 Å². The van der Waals surface area contributed by atoms with E-state index in [0.717, 1.165) is 6.42 Å². The number of nitro groups is 1. The number of carbonyl (C=O) groups excluding carboxylic acids is 1. The number of nitrogens with zero attached hydrogens (tertiary/aromatic N) is 3. The Labute approximate surface area is 110 Å². The Hall–Kier alpha value is -1.96. The van der Waals surface area contributed by atoms with Gasteiger partial charge in [0.25, 0.3) is 0 Å². The van der Waals surface area contributed by atoms with Crippen molar-refractivity contribution in [1.29, 1.82) is 0 Å². The molecule has 1 amide bonds. The summed E-state index contributed by atoms with van der Waals surface area (Å²) in [5.41, 5.74) is 0.221. The highest BCUT2D eigenvalue weighted by Crippen LogP contribution is 2.14. The summed E-state index contributed by atoms with van der Waals surface area (Å²) in [4.78, 5) is 21.7. The Morgan fingerprint density at radius 2 is 2.37 bits per heavy atom. The molecule has 19 heavy (non-hydrogen) atoms. The van der Waals surface area contributed by atoms with E-state index in [1.165, 1.54) is 17.8 Å². The van der Waals surface area contributed by atoms with E-state index in [1.807, 2.05) is 6.92 Å². The zero-order valence-corrected chi connectivity index (χ0v) is 11.1. The van der Waals surface area contributed by atoms with Crippen molar-refractivity contribution < 1.29 is 14.5 Å². The molecule has 0 aliphatic carbocycles. The quantitative estimate of drug-likeness (QED) is 0.424. The number of aryl methyl sites for hydroxylation is 1. The lowest BCUT2D eigenvalue weighted by Crippen LogP contribution is -2.29. The number of aromatic nitrogens is 2. The van der Waals surface area contributed by atoms with Gasteiger partial charge in [0.2, 0.25) is 5.91 Å². The lowest BCUT2D eigenvalue weighted by molar-refractivity contribution is -0.385. The van der Waals surface area contributed by atoms with Gasteiger partial charge in [-0.2, -0.15) is 5.10 Å². The number of rotatable bonds is 8. The fourth-order valence-corrected chi connectivity index (χ4v) is 1.52. The SMILES string of the molecule is CCOCCCNC(=O)Cn1cc([N+](=O)[O-])c(C)n1. The van der Waals surface area contributed by atoms with Crippen LogP contribution in [-0.4, -0.2) is 40.4 Å². The summed E-state index contributed by atoms with van der Waals surface area (Å²) in [5.74, 6) is -0.228. The van der Waals surface area contributed by atoms with Gasteiger partial charge in [0.15, 0.2) is 0 Å². The summed E-state index contributed by atoms with van der Waals surface area (Å²) in [6, 6.07) is 0. The predicted molar refractivity (Wildman–Crippen MR) is 67.7 cm³/mol. The van der Waals surface area contributed by atoms with Crippen molar-refractivity contribution in [2.75, 3.05) is 19.8 Å². The molecule has 0 atom stereocenters. The number of amides is 1. The molecule has 1 aromatic rings. The topological polar surface area (TPSA) is 99.3 Å². The molecule has 106 valence electrons. The third-order valence-electron chi connectivity index (χ3n) is 2.41. The Morgan fingerprint density at radius 3 is 2.95 bits per heavy atom. The van der Waals surface area contributed by atoms with Gasteiger partial charge in [-0.05, 0) is 20.3 Å². The van der Waals surface area contributed by atoms with Gasteiger partial charge in [-0.15, -0.1) is 0 Å². The zero-order valence-electron chi connectivity index (χ0n) is 11.1. The maximum atomic E-state index is 11.6. The van der Waals surface area contributed by atoms with E-state index in [1.54, 1.807) is 0 Å². The van der Waals surface area contributed by atoms with Gasteiger partial charge in [-0.1, -0.05) is 0 Å². The second-order valence-corrected chi connectivity index (χ2v) is 3.95. The standard InChI is InChI=1S/C11H18N4O4/c1-3-19-6-4-5-12-11(16)8-14-7-10(15(17)18)9(2)13-14/h7H,3-6,8H2,1-2H3,(H,12,16). The van der Waals surface area contributed by atoms with Crippen molar-refractivity contribution in [3.8, 4) is 0 Å². The van der Waals surface area contributed by atoms with Gasteiger partial charge in [0.1, 0.15) is 18.4 Å². The molecule has 1 aromatic heterocycles. The van der Waals surface area contributed by atoms with Crippen molar-refractivity contribution in [2.24, 2.45) is 0 Å². The molecule has 0 aromatic carbocycles. The van der Waals surface area contributed by atoms with Crippen LogP contribution in [0.3, 0.4) is 0 Å². The van der Waals surface area contributed by atoms with E-state index < -0.39 is 4.92 Å². The lowest BCUT2D eigenvalue weighted by atomic mass is 10.4. The molecular formula is C11H18N4O4. The van der Waals surface area contributed by atoms with Gasteiger partial charge >= 0.3 is 5.69 Å². The van der Waals surface area contributed by atoms with Crippen LogP contribution >= 0.6 is 0 Å². The molecule has 0 saturated carbocycles. The maximum absolute atomic E-state index is 11.6. The molecule has 0 radical (unpaired) electrons. The van der Waals surface area contributed by atoms with Crippen LogP contribution in [0.25, 0.3) is 0 Å². The van der Waals surface area contributed by atoms with Crippen molar-refractivity contribution in [3.63, 3.8) is 0 Å². The first-order valence-corrected chi connectivity index (χ1v) is 6.07. The van der Waals surface area contributed by atoms with Gasteiger partial charge in [-0.25, -0.2) is 0 Å². The summed E-state index contributed by atoms with van der Waals surface area (Å²) in [6.45, 7) is 5.19. The highest BCUT2D eigenvalue weighted by molar-refractivity contribution is 5.75. The Morgan fingerprint density at radius 1 is 1.63 bits per heavy atom. The smallest absolute Gasteiger partial charge is 0.309 e. The largest absolute Gasteiger partial charge is 0.382 e. The average molecular weight is 270 g/mol. The second-order valence-electron chi connectivity index (χ2n) is 3.95. The molecule has 0 aliphatic heterocycles. The van der Waals surface area contributed by atoms with Crippen LogP contribution < -0.4 is 5.32 Å². The molecule has 0 fully saturated rings. The molecule has 0 unspecified atom stereocenters. The number of carbonyl (C=O) groups is 1. The van der Waals surface area contributed by atoms with Gasteiger partial charge in [0.05, 0.1) is 4.92 Å². The molecular weight excluding hydrogens is 252 g/mol. The minimum atomic E-state index is -0.515. The van der Waals surface area contributed by atoms with Crippen LogP contribution in [0.15, 0.2) is 6.20 Å². The summed E-state index contributed by atoms with van der Waals surface area (Å²) < 4.78 is 6.40. The van der Waals surface area contributed by atoms with E-state index in [2.05, 4.69) is 10.4 Å². The summed E-state index contributed by atoms with van der Waals surface area (Å²) in [7, 11) is 0. The van der Waals surface area contributed by atoms with E-state index in [0.29, 0.717) is 25.5 Å². The maximum Gasteiger partial charge on any atom is 0.309 e. The Balaban J connectivity index is 2.36. The Bertz CT molecular complexity index is 444. The van der Waals surface area contributed by atoms with Gasteiger partial charge in [-0.3, -0.25) is 19.6 Å². The molecule has 0 aliphatic rings. The van der Waals surface area contributed by atoms with E-state index >= 15 is 0 Å². The third-order valence-corrected chi connectivity index (χ3v) is 2.41. The molecule has 0 saturated heterocycles. The monoisotopic (exact) mass is 270 g/mol. The van der Waals surface area contributed by atoms with E-state index in [4.69, 9.17) is 4.74 Å². The summed E-state index contributed by atoms with van der Waals surface area (Å²) in [5, 5.41) is 17.2. The highest BCUT2D eigenvalue weighted by Gasteiger charge is 2.16. The lowest BCUT2D eigenvalue weighted by Gasteiger charge is -2.05. The molecule has 1 rings (SSSR count). The first-order chi connectivity index (χ1) is 9.04. The number of hydrogen-bond donors (Lipinski definition) is 1. The molecule has 0 spiro atoms. The van der Waals surface area contributed by atoms with Crippen molar-refractivity contribution in [1.82, 2.24) is 15.1 Å². The van der Waals surface area contributed by atoms with Gasteiger partial charge in [0, 0.05) is 19.8 Å². The number of hydrogen-bond acceptors (Lipinski definition) is 5. The van der Waals surface area contributed by atoms with Crippen LogP contribution in [0.1, 0.15) is 19.0 Å². The fourth-order valence-electron chi connectivity index (χ4n) is 1.52. The van der Waals surface area contributed by atoms with Crippen molar-refractivity contribution >= 4 is 11.6 Å². The fraction of sp³-hybridized carbons (Fsp3) is 0.636. The van der Waals surface area contributed by atoms with E-state index in [9.17, 15) is 14.9 Å². The average Bonchev–Trinajstić information content (AvgIpc) is 2.70. The molecule has 1 heterocycles. The minimum Gasteiger partial charge on any atom is -0.382 e. The predicted octanol–water partition coefficient (Wildman–Crippen LogP) is 0.643. The normalized spacial score (nSPS) is 10.4. The van der Waals surface area contributed by atoms with Crippen molar-refractivity contribution in [2.45, 2.75) is 26.8 Å². The summed E-state index contributed by atoms with van der Waals surface area (Å²) in [6.07, 6.45) is 1.99.